The Hall–Kier alpha value is -2.89. The molecule has 3 aromatic carbocycles. The SMILES string of the molecule is CCc1cc(O)ccc1-c1ccc2cc(C(=O)N3C[C@H](O)C[C@@H](O)C3)ccc2c1. The van der Waals surface area contributed by atoms with Crippen LogP contribution in [0.15, 0.2) is 54.6 Å². The summed E-state index contributed by atoms with van der Waals surface area (Å²) in [6.45, 7) is 2.55. The van der Waals surface area contributed by atoms with Crippen molar-refractivity contribution in [1.29, 1.82) is 0 Å². The Morgan fingerprint density at radius 2 is 1.66 bits per heavy atom. The second-order valence-corrected chi connectivity index (χ2v) is 7.73. The van der Waals surface area contributed by atoms with Crippen molar-refractivity contribution < 1.29 is 20.1 Å². The maximum atomic E-state index is 12.8. The molecule has 0 radical (unpaired) electrons. The van der Waals surface area contributed by atoms with Gasteiger partial charge in [-0.1, -0.05) is 31.2 Å². The number of nitrogens with zero attached hydrogens (tertiary/aromatic N) is 1. The zero-order valence-corrected chi connectivity index (χ0v) is 16.4. The number of aliphatic hydroxyl groups excluding tert-OH is 2. The number of aromatic hydroxyl groups is 1. The molecule has 1 amide bonds. The van der Waals surface area contributed by atoms with E-state index in [2.05, 4.69) is 13.0 Å². The summed E-state index contributed by atoms with van der Waals surface area (Å²) in [5.74, 6) is 0.0862. The van der Waals surface area contributed by atoms with Gasteiger partial charge in [-0.3, -0.25) is 4.79 Å². The van der Waals surface area contributed by atoms with E-state index in [9.17, 15) is 20.1 Å². The Morgan fingerprint density at radius 1 is 0.966 bits per heavy atom. The average Bonchev–Trinajstić information content (AvgIpc) is 2.71. The summed E-state index contributed by atoms with van der Waals surface area (Å²) in [6, 6.07) is 17.1. The van der Waals surface area contributed by atoms with Gasteiger partial charge in [0.1, 0.15) is 5.75 Å². The molecule has 29 heavy (non-hydrogen) atoms. The van der Waals surface area contributed by atoms with Gasteiger partial charge >= 0.3 is 0 Å². The van der Waals surface area contributed by atoms with E-state index in [4.69, 9.17) is 0 Å². The monoisotopic (exact) mass is 391 g/mol. The highest BCUT2D eigenvalue weighted by Gasteiger charge is 2.28. The molecule has 1 aliphatic rings. The van der Waals surface area contributed by atoms with Crippen LogP contribution in [0.25, 0.3) is 21.9 Å². The van der Waals surface area contributed by atoms with Crippen LogP contribution in [0.5, 0.6) is 5.75 Å². The number of benzene rings is 3. The number of amides is 1. The summed E-state index contributed by atoms with van der Waals surface area (Å²) < 4.78 is 0. The van der Waals surface area contributed by atoms with Gasteiger partial charge in [0.15, 0.2) is 0 Å². The molecule has 3 aromatic rings. The first-order valence-corrected chi connectivity index (χ1v) is 9.96. The van der Waals surface area contributed by atoms with Crippen LogP contribution in [-0.4, -0.2) is 51.4 Å². The molecule has 0 unspecified atom stereocenters. The quantitative estimate of drug-likeness (QED) is 0.640. The highest BCUT2D eigenvalue weighted by Crippen LogP contribution is 2.30. The lowest BCUT2D eigenvalue weighted by Crippen LogP contribution is -2.48. The van der Waals surface area contributed by atoms with Gasteiger partial charge < -0.3 is 20.2 Å². The van der Waals surface area contributed by atoms with Crippen molar-refractivity contribution in [3.63, 3.8) is 0 Å². The van der Waals surface area contributed by atoms with Crippen LogP contribution >= 0.6 is 0 Å². The van der Waals surface area contributed by atoms with Crippen LogP contribution in [0.1, 0.15) is 29.3 Å². The minimum Gasteiger partial charge on any atom is -0.508 e. The van der Waals surface area contributed by atoms with Crippen LogP contribution < -0.4 is 0 Å². The molecule has 2 atom stereocenters. The maximum absolute atomic E-state index is 12.8. The number of hydrogen-bond donors (Lipinski definition) is 3. The molecule has 1 fully saturated rings. The van der Waals surface area contributed by atoms with Gasteiger partial charge in [-0.25, -0.2) is 0 Å². The van der Waals surface area contributed by atoms with Crippen LogP contribution in [-0.2, 0) is 6.42 Å². The highest BCUT2D eigenvalue weighted by molar-refractivity contribution is 5.99. The first-order chi connectivity index (χ1) is 13.9. The van der Waals surface area contributed by atoms with Gasteiger partial charge in [-0.15, -0.1) is 0 Å². The zero-order chi connectivity index (χ0) is 20.5. The van der Waals surface area contributed by atoms with E-state index < -0.39 is 12.2 Å². The van der Waals surface area contributed by atoms with E-state index in [-0.39, 0.29) is 24.7 Å². The summed E-state index contributed by atoms with van der Waals surface area (Å²) in [7, 11) is 0. The largest absolute Gasteiger partial charge is 0.508 e. The Morgan fingerprint density at radius 3 is 2.38 bits per heavy atom. The van der Waals surface area contributed by atoms with Crippen molar-refractivity contribution in [2.45, 2.75) is 32.0 Å². The molecule has 0 aromatic heterocycles. The lowest BCUT2D eigenvalue weighted by Gasteiger charge is -2.33. The van der Waals surface area contributed by atoms with Gasteiger partial charge in [0, 0.05) is 25.1 Å². The fourth-order valence-corrected chi connectivity index (χ4v) is 4.10. The number of β-amino-alcohol motifs (C(OH)–C–C–N with tert-alkyl or cyclic N) is 2. The minimum absolute atomic E-state index is 0.180. The van der Waals surface area contributed by atoms with Crippen LogP contribution in [0.2, 0.25) is 0 Å². The predicted octanol–water partition coefficient (Wildman–Crippen LogP) is 3.34. The van der Waals surface area contributed by atoms with Crippen molar-refractivity contribution in [3.05, 3.63) is 65.7 Å². The normalized spacial score (nSPS) is 19.5. The van der Waals surface area contributed by atoms with Crippen molar-refractivity contribution in [3.8, 4) is 16.9 Å². The molecule has 150 valence electrons. The van der Waals surface area contributed by atoms with E-state index in [1.807, 2.05) is 30.3 Å². The van der Waals surface area contributed by atoms with Crippen molar-refractivity contribution >= 4 is 16.7 Å². The lowest BCUT2D eigenvalue weighted by molar-refractivity contribution is -0.00383. The summed E-state index contributed by atoms with van der Waals surface area (Å²) in [5.41, 5.74) is 3.78. The molecule has 0 aliphatic carbocycles. The van der Waals surface area contributed by atoms with Crippen LogP contribution in [0.4, 0.5) is 0 Å². The van der Waals surface area contributed by atoms with Gasteiger partial charge in [-0.2, -0.15) is 0 Å². The standard InChI is InChI=1S/C24H25NO4/c1-2-15-11-20(26)7-8-23(15)18-5-3-17-10-19(6-4-16(17)9-18)24(29)25-13-21(27)12-22(28)14-25/h3-11,21-22,26-28H,2,12-14H2,1H3/t21-,22-/m1/s1. The number of phenols is 1. The van der Waals surface area contributed by atoms with Gasteiger partial charge in [-0.05, 0) is 64.2 Å². The minimum atomic E-state index is -0.691. The molecule has 0 spiro atoms. The third kappa shape index (κ3) is 3.97. The number of phenolic OH excluding ortho intramolecular Hbond substituents is 1. The summed E-state index contributed by atoms with van der Waals surface area (Å²) in [5, 5.41) is 31.4. The third-order valence-electron chi connectivity index (χ3n) is 5.56. The smallest absolute Gasteiger partial charge is 0.254 e. The molecule has 4 rings (SSSR count). The molecular weight excluding hydrogens is 366 g/mol. The number of carbonyl (C=O) groups is 1. The molecule has 3 N–H and O–H groups in total. The molecule has 0 bridgehead atoms. The summed E-state index contributed by atoms with van der Waals surface area (Å²) >= 11 is 0. The highest BCUT2D eigenvalue weighted by atomic mass is 16.3. The topological polar surface area (TPSA) is 81.0 Å². The Labute approximate surface area is 169 Å². The maximum Gasteiger partial charge on any atom is 0.254 e. The van der Waals surface area contributed by atoms with Crippen LogP contribution in [0.3, 0.4) is 0 Å². The average molecular weight is 391 g/mol. The van der Waals surface area contributed by atoms with E-state index in [0.29, 0.717) is 12.0 Å². The Kier molecular flexibility index (Phi) is 5.26. The predicted molar refractivity (Wildman–Crippen MR) is 113 cm³/mol. The molecule has 1 saturated heterocycles. The Bertz CT molecular complexity index is 1050. The van der Waals surface area contributed by atoms with E-state index in [0.717, 1.165) is 33.9 Å². The van der Waals surface area contributed by atoms with Gasteiger partial charge in [0.05, 0.1) is 12.2 Å². The van der Waals surface area contributed by atoms with E-state index >= 15 is 0 Å². The van der Waals surface area contributed by atoms with E-state index in [1.165, 1.54) is 4.90 Å². The number of aliphatic hydroxyl groups is 2. The first-order valence-electron chi connectivity index (χ1n) is 9.96. The lowest BCUT2D eigenvalue weighted by atomic mass is 9.95. The molecule has 5 nitrogen and oxygen atoms in total. The van der Waals surface area contributed by atoms with Crippen molar-refractivity contribution in [2.24, 2.45) is 0 Å². The van der Waals surface area contributed by atoms with Crippen molar-refractivity contribution in [1.82, 2.24) is 4.90 Å². The second kappa shape index (κ2) is 7.85. The molecule has 5 heteroatoms. The molecular formula is C24H25NO4. The molecule has 1 aliphatic heterocycles. The summed E-state index contributed by atoms with van der Waals surface area (Å²) in [6.07, 6.45) is -0.253. The summed E-state index contributed by atoms with van der Waals surface area (Å²) in [4.78, 5) is 14.3. The zero-order valence-electron chi connectivity index (χ0n) is 16.4. The number of carbonyl (C=O) groups excluding carboxylic acids is 1. The third-order valence-corrected chi connectivity index (χ3v) is 5.56. The fraction of sp³-hybridized carbons (Fsp3) is 0.292. The number of likely N-dealkylation sites (tertiary alicyclic amines) is 1. The first kappa shape index (κ1) is 19.4. The van der Waals surface area contributed by atoms with Crippen molar-refractivity contribution in [2.75, 3.05) is 13.1 Å². The van der Waals surface area contributed by atoms with E-state index in [1.54, 1.807) is 18.2 Å². The number of aryl methyl sites for hydroxylation is 1. The molecule has 0 saturated carbocycles. The van der Waals surface area contributed by atoms with Gasteiger partial charge in [0.2, 0.25) is 0 Å². The second-order valence-electron chi connectivity index (χ2n) is 7.73. The number of hydrogen-bond acceptors (Lipinski definition) is 4. The van der Waals surface area contributed by atoms with Crippen LogP contribution in [0, 0.1) is 0 Å². The van der Waals surface area contributed by atoms with Gasteiger partial charge in [0.25, 0.3) is 5.91 Å². The Balaban J connectivity index is 1.65. The number of fused-ring (bicyclic) bond motifs is 1. The number of piperidine rings is 1. The molecule has 1 heterocycles. The fourth-order valence-electron chi connectivity index (χ4n) is 4.10. The number of rotatable bonds is 3.